The zero-order valence-corrected chi connectivity index (χ0v) is 16.4. The number of benzene rings is 1. The van der Waals surface area contributed by atoms with Gasteiger partial charge in [0.25, 0.3) is 0 Å². The van der Waals surface area contributed by atoms with Crippen LogP contribution in [0.5, 0.6) is 0 Å². The first kappa shape index (κ1) is 19.9. The van der Waals surface area contributed by atoms with E-state index in [1.807, 2.05) is 11.0 Å². The van der Waals surface area contributed by atoms with Crippen LogP contribution in [-0.2, 0) is 20.7 Å². The number of nitrogens with zero attached hydrogens (tertiary/aromatic N) is 2. The number of amides is 2. The predicted octanol–water partition coefficient (Wildman–Crippen LogP) is 2.89. The molecule has 1 unspecified atom stereocenters. The Kier molecular flexibility index (Phi) is 7.27. The van der Waals surface area contributed by atoms with Crippen molar-refractivity contribution in [1.29, 1.82) is 0 Å². The third-order valence-corrected chi connectivity index (χ3v) is 5.98. The fraction of sp³-hybridized carbons (Fsp3) is 0.636. The fourth-order valence-corrected chi connectivity index (χ4v) is 4.39. The molecule has 1 atom stereocenters. The summed E-state index contributed by atoms with van der Waals surface area (Å²) in [5.74, 6) is 0.405. The van der Waals surface area contributed by atoms with E-state index >= 15 is 0 Å². The highest BCUT2D eigenvalue weighted by atomic mass is 16.5. The number of methoxy groups -OCH3 is 1. The van der Waals surface area contributed by atoms with Crippen molar-refractivity contribution in [3.05, 3.63) is 35.9 Å². The van der Waals surface area contributed by atoms with Crippen LogP contribution in [0.2, 0.25) is 0 Å². The monoisotopic (exact) mass is 372 g/mol. The summed E-state index contributed by atoms with van der Waals surface area (Å²) in [5.41, 5.74) is 1.35. The smallest absolute Gasteiger partial charge is 0.248 e. The first-order chi connectivity index (χ1) is 13.2. The van der Waals surface area contributed by atoms with Gasteiger partial charge in [0.1, 0.15) is 6.61 Å². The van der Waals surface area contributed by atoms with E-state index in [1.165, 1.54) is 12.0 Å². The Morgan fingerprint density at radius 2 is 1.78 bits per heavy atom. The van der Waals surface area contributed by atoms with Crippen LogP contribution >= 0.6 is 0 Å². The first-order valence-electron chi connectivity index (χ1n) is 10.3. The number of carbonyl (C=O) groups excluding carboxylic acids is 2. The van der Waals surface area contributed by atoms with E-state index in [-0.39, 0.29) is 18.4 Å². The molecule has 2 fully saturated rings. The van der Waals surface area contributed by atoms with Gasteiger partial charge in [0.05, 0.1) is 0 Å². The molecule has 1 aromatic rings. The SMILES string of the molecule is COCC(=O)N1CCC(C(=O)N2CCCCC2CCc2ccccc2)CC1. The minimum atomic E-state index is 0.0297. The van der Waals surface area contributed by atoms with Crippen LogP contribution < -0.4 is 0 Å². The molecular formula is C22H32N2O3. The van der Waals surface area contributed by atoms with Crippen LogP contribution in [0.25, 0.3) is 0 Å². The summed E-state index contributed by atoms with van der Waals surface area (Å²) >= 11 is 0. The zero-order chi connectivity index (χ0) is 19.1. The molecule has 0 N–H and O–H groups in total. The second kappa shape index (κ2) is 9.88. The molecule has 5 heteroatoms. The van der Waals surface area contributed by atoms with E-state index < -0.39 is 0 Å². The van der Waals surface area contributed by atoms with Crippen molar-refractivity contribution in [2.45, 2.75) is 51.0 Å². The highest BCUT2D eigenvalue weighted by molar-refractivity contribution is 5.81. The van der Waals surface area contributed by atoms with E-state index in [1.54, 1.807) is 7.11 Å². The summed E-state index contributed by atoms with van der Waals surface area (Å²) in [4.78, 5) is 29.1. The number of piperidine rings is 2. The number of hydrogen-bond acceptors (Lipinski definition) is 3. The Bertz CT molecular complexity index is 611. The largest absolute Gasteiger partial charge is 0.375 e. The Labute approximate surface area is 162 Å². The van der Waals surface area contributed by atoms with Crippen molar-refractivity contribution in [2.75, 3.05) is 33.4 Å². The lowest BCUT2D eigenvalue weighted by atomic mass is 9.90. The molecule has 2 amide bonds. The van der Waals surface area contributed by atoms with E-state index in [0.29, 0.717) is 25.0 Å². The van der Waals surface area contributed by atoms with Gasteiger partial charge in [-0.3, -0.25) is 9.59 Å². The van der Waals surface area contributed by atoms with Gasteiger partial charge < -0.3 is 14.5 Å². The number of aryl methyl sites for hydroxylation is 1. The number of carbonyl (C=O) groups is 2. The van der Waals surface area contributed by atoms with Gasteiger partial charge in [-0.1, -0.05) is 30.3 Å². The molecule has 0 saturated carbocycles. The summed E-state index contributed by atoms with van der Waals surface area (Å²) in [6.07, 6.45) is 7.06. The van der Waals surface area contributed by atoms with Crippen LogP contribution in [0.1, 0.15) is 44.1 Å². The first-order valence-corrected chi connectivity index (χ1v) is 10.3. The average molecular weight is 373 g/mol. The van der Waals surface area contributed by atoms with E-state index in [9.17, 15) is 9.59 Å². The van der Waals surface area contributed by atoms with Crippen molar-refractivity contribution < 1.29 is 14.3 Å². The van der Waals surface area contributed by atoms with Crippen molar-refractivity contribution in [3.63, 3.8) is 0 Å². The van der Waals surface area contributed by atoms with E-state index in [2.05, 4.69) is 29.2 Å². The van der Waals surface area contributed by atoms with Crippen LogP contribution in [0, 0.1) is 5.92 Å². The Morgan fingerprint density at radius 3 is 2.48 bits per heavy atom. The quantitative estimate of drug-likeness (QED) is 0.771. The number of likely N-dealkylation sites (tertiary alicyclic amines) is 2. The van der Waals surface area contributed by atoms with Crippen molar-refractivity contribution in [3.8, 4) is 0 Å². The summed E-state index contributed by atoms with van der Waals surface area (Å²) < 4.78 is 4.94. The van der Waals surface area contributed by atoms with Crippen LogP contribution in [0.4, 0.5) is 0 Å². The van der Waals surface area contributed by atoms with E-state index in [4.69, 9.17) is 4.74 Å². The average Bonchev–Trinajstić information content (AvgIpc) is 2.73. The van der Waals surface area contributed by atoms with E-state index in [0.717, 1.165) is 45.1 Å². The van der Waals surface area contributed by atoms with Gasteiger partial charge in [-0.15, -0.1) is 0 Å². The predicted molar refractivity (Wildman–Crippen MR) is 105 cm³/mol. The number of hydrogen-bond donors (Lipinski definition) is 0. The molecule has 0 aromatic heterocycles. The molecule has 27 heavy (non-hydrogen) atoms. The molecule has 2 aliphatic heterocycles. The normalized spacial score (nSPS) is 21.3. The summed E-state index contributed by atoms with van der Waals surface area (Å²) in [6, 6.07) is 10.9. The van der Waals surface area contributed by atoms with Crippen molar-refractivity contribution in [2.24, 2.45) is 5.92 Å². The van der Waals surface area contributed by atoms with Gasteiger partial charge in [-0.2, -0.15) is 0 Å². The van der Waals surface area contributed by atoms with Gasteiger partial charge in [0.2, 0.25) is 11.8 Å². The molecule has 1 aromatic carbocycles. The van der Waals surface area contributed by atoms with Crippen molar-refractivity contribution >= 4 is 11.8 Å². The number of rotatable bonds is 6. The second-order valence-corrected chi connectivity index (χ2v) is 7.79. The molecule has 5 nitrogen and oxygen atoms in total. The summed E-state index contributed by atoms with van der Waals surface area (Å²) in [7, 11) is 1.54. The van der Waals surface area contributed by atoms with Gasteiger partial charge in [-0.25, -0.2) is 0 Å². The van der Waals surface area contributed by atoms with Crippen LogP contribution in [0.3, 0.4) is 0 Å². The third-order valence-electron chi connectivity index (χ3n) is 5.98. The molecule has 148 valence electrons. The van der Waals surface area contributed by atoms with Gasteiger partial charge in [0.15, 0.2) is 0 Å². The highest BCUT2D eigenvalue weighted by Crippen LogP contribution is 2.27. The maximum absolute atomic E-state index is 13.2. The molecule has 2 saturated heterocycles. The van der Waals surface area contributed by atoms with Gasteiger partial charge in [-0.05, 0) is 50.5 Å². The molecule has 2 heterocycles. The fourth-order valence-electron chi connectivity index (χ4n) is 4.39. The van der Waals surface area contributed by atoms with Gasteiger partial charge >= 0.3 is 0 Å². The number of ether oxygens (including phenoxy) is 1. The summed E-state index contributed by atoms with van der Waals surface area (Å²) in [6.45, 7) is 2.36. The lowest BCUT2D eigenvalue weighted by molar-refractivity contribution is -0.144. The standard InChI is InChI=1S/C22H32N2O3/c1-27-17-21(25)23-15-12-19(13-16-23)22(26)24-14-6-5-9-20(24)11-10-18-7-3-2-4-8-18/h2-4,7-8,19-20H,5-6,9-17H2,1H3. The van der Waals surface area contributed by atoms with Gasteiger partial charge in [0, 0.05) is 38.7 Å². The highest BCUT2D eigenvalue weighted by Gasteiger charge is 2.34. The Morgan fingerprint density at radius 1 is 1.04 bits per heavy atom. The third kappa shape index (κ3) is 5.32. The molecule has 0 bridgehead atoms. The minimum absolute atomic E-state index is 0.0297. The Hall–Kier alpha value is -1.88. The molecule has 3 rings (SSSR count). The topological polar surface area (TPSA) is 49.9 Å². The Balaban J connectivity index is 1.53. The molecule has 0 radical (unpaired) electrons. The minimum Gasteiger partial charge on any atom is -0.375 e. The molecule has 0 aliphatic carbocycles. The van der Waals surface area contributed by atoms with Crippen LogP contribution in [0.15, 0.2) is 30.3 Å². The molecular weight excluding hydrogens is 340 g/mol. The lowest BCUT2D eigenvalue weighted by Gasteiger charge is -2.40. The molecule has 0 spiro atoms. The maximum atomic E-state index is 13.2. The van der Waals surface area contributed by atoms with Crippen molar-refractivity contribution in [1.82, 2.24) is 9.80 Å². The second-order valence-electron chi connectivity index (χ2n) is 7.79. The summed E-state index contributed by atoms with van der Waals surface area (Å²) in [5, 5.41) is 0. The maximum Gasteiger partial charge on any atom is 0.248 e. The lowest BCUT2D eigenvalue weighted by Crippen LogP contribution is -2.49. The molecule has 2 aliphatic rings. The van der Waals surface area contributed by atoms with Crippen LogP contribution in [-0.4, -0.2) is 61.0 Å². The zero-order valence-electron chi connectivity index (χ0n) is 16.4.